The summed E-state index contributed by atoms with van der Waals surface area (Å²) >= 11 is 0. The molecule has 0 aliphatic heterocycles. The van der Waals surface area contributed by atoms with Gasteiger partial charge >= 0.3 is 5.97 Å². The second kappa shape index (κ2) is 9.81. The van der Waals surface area contributed by atoms with Crippen molar-refractivity contribution in [3.8, 4) is 11.5 Å². The van der Waals surface area contributed by atoms with Crippen molar-refractivity contribution >= 4 is 5.97 Å². The number of benzene rings is 2. The Hall–Kier alpha value is -2.55. The van der Waals surface area contributed by atoms with Gasteiger partial charge in [0.05, 0.1) is 12.2 Å². The van der Waals surface area contributed by atoms with Crippen molar-refractivity contribution in [1.82, 2.24) is 0 Å². The molecule has 3 heteroatoms. The van der Waals surface area contributed by atoms with E-state index in [-0.39, 0.29) is 5.97 Å². The maximum atomic E-state index is 11.7. The highest BCUT2D eigenvalue weighted by Gasteiger charge is 2.16. The summed E-state index contributed by atoms with van der Waals surface area (Å²) in [4.78, 5) is 11.7. The lowest BCUT2D eigenvalue weighted by molar-refractivity contribution is 0.0526. The van der Waals surface area contributed by atoms with Crippen molar-refractivity contribution in [2.75, 3.05) is 6.61 Å². The number of hydrogen-bond acceptors (Lipinski definition) is 3. The predicted octanol–water partition coefficient (Wildman–Crippen LogP) is 6.36. The first-order valence-corrected chi connectivity index (χ1v) is 9.24. The van der Waals surface area contributed by atoms with Crippen molar-refractivity contribution < 1.29 is 14.3 Å². The van der Waals surface area contributed by atoms with Gasteiger partial charge in [-0.05, 0) is 67.1 Å². The van der Waals surface area contributed by atoms with Gasteiger partial charge < -0.3 is 9.47 Å². The third-order valence-electron chi connectivity index (χ3n) is 4.71. The molecule has 0 aromatic heterocycles. The maximum absolute atomic E-state index is 11.7. The molecule has 0 spiro atoms. The standard InChI is InChI=1S/C23H28O3/c1-5-8-18(6-2)17(4)19-9-13-21(14-10-19)26-22-15-11-20(12-16-22)23(24)25-7-3/h5,9-18H,1,6-8H2,2-4H3. The summed E-state index contributed by atoms with van der Waals surface area (Å²) in [5.41, 5.74) is 1.83. The van der Waals surface area contributed by atoms with Crippen LogP contribution in [0.1, 0.15) is 55.5 Å². The first kappa shape index (κ1) is 19.8. The number of esters is 1. The molecule has 0 saturated heterocycles. The predicted molar refractivity (Wildman–Crippen MR) is 106 cm³/mol. The zero-order valence-corrected chi connectivity index (χ0v) is 15.9. The monoisotopic (exact) mass is 352 g/mol. The third-order valence-corrected chi connectivity index (χ3v) is 4.71. The number of allylic oxidation sites excluding steroid dienone is 1. The van der Waals surface area contributed by atoms with Gasteiger partial charge in [0.15, 0.2) is 0 Å². The molecule has 26 heavy (non-hydrogen) atoms. The molecule has 0 saturated carbocycles. The average molecular weight is 352 g/mol. The Kier molecular flexibility index (Phi) is 7.46. The number of carbonyl (C=O) groups is 1. The molecule has 0 N–H and O–H groups in total. The van der Waals surface area contributed by atoms with Crippen molar-refractivity contribution in [3.05, 3.63) is 72.3 Å². The molecule has 2 atom stereocenters. The highest BCUT2D eigenvalue weighted by Crippen LogP contribution is 2.31. The second-order valence-electron chi connectivity index (χ2n) is 6.40. The molecule has 0 amide bonds. The van der Waals surface area contributed by atoms with Crippen molar-refractivity contribution in [2.24, 2.45) is 5.92 Å². The van der Waals surface area contributed by atoms with Gasteiger partial charge in [-0.1, -0.05) is 38.5 Å². The number of rotatable bonds is 9. The summed E-state index contributed by atoms with van der Waals surface area (Å²) in [6.07, 6.45) is 4.17. The summed E-state index contributed by atoms with van der Waals surface area (Å²) in [5.74, 6) is 2.24. The molecular formula is C23H28O3. The van der Waals surface area contributed by atoms with Crippen LogP contribution in [0.3, 0.4) is 0 Å². The molecule has 0 fully saturated rings. The zero-order chi connectivity index (χ0) is 18.9. The molecule has 2 unspecified atom stereocenters. The molecular weight excluding hydrogens is 324 g/mol. The average Bonchev–Trinajstić information content (AvgIpc) is 2.67. The lowest BCUT2D eigenvalue weighted by atomic mass is 9.84. The first-order valence-electron chi connectivity index (χ1n) is 9.24. The van der Waals surface area contributed by atoms with E-state index in [2.05, 4.69) is 32.6 Å². The fourth-order valence-corrected chi connectivity index (χ4v) is 3.06. The van der Waals surface area contributed by atoms with E-state index in [1.54, 1.807) is 31.2 Å². The number of ether oxygens (including phenoxy) is 2. The van der Waals surface area contributed by atoms with E-state index in [1.807, 2.05) is 18.2 Å². The van der Waals surface area contributed by atoms with Crippen LogP contribution >= 0.6 is 0 Å². The molecule has 0 bridgehead atoms. The van der Waals surface area contributed by atoms with Gasteiger partial charge in [-0.3, -0.25) is 0 Å². The van der Waals surface area contributed by atoms with Crippen LogP contribution in [0.4, 0.5) is 0 Å². The van der Waals surface area contributed by atoms with Crippen LogP contribution in [0.15, 0.2) is 61.2 Å². The van der Waals surface area contributed by atoms with Gasteiger partial charge in [0.2, 0.25) is 0 Å². The van der Waals surface area contributed by atoms with E-state index in [4.69, 9.17) is 9.47 Å². The Labute approximate surface area is 156 Å². The third kappa shape index (κ3) is 5.22. The summed E-state index contributed by atoms with van der Waals surface area (Å²) in [7, 11) is 0. The molecule has 0 heterocycles. The fraction of sp³-hybridized carbons (Fsp3) is 0.348. The van der Waals surface area contributed by atoms with Crippen LogP contribution in [0.25, 0.3) is 0 Å². The first-order chi connectivity index (χ1) is 12.6. The summed E-state index contributed by atoms with van der Waals surface area (Å²) in [5, 5.41) is 0. The maximum Gasteiger partial charge on any atom is 0.338 e. The Bertz CT molecular complexity index is 701. The van der Waals surface area contributed by atoms with Crippen LogP contribution in [-0.2, 0) is 4.74 Å². The van der Waals surface area contributed by atoms with Gasteiger partial charge in [0.25, 0.3) is 0 Å². The molecule has 138 valence electrons. The van der Waals surface area contributed by atoms with Crippen molar-refractivity contribution in [1.29, 1.82) is 0 Å². The minimum atomic E-state index is -0.317. The largest absolute Gasteiger partial charge is 0.462 e. The van der Waals surface area contributed by atoms with E-state index in [1.165, 1.54) is 5.56 Å². The highest BCUT2D eigenvalue weighted by molar-refractivity contribution is 5.89. The topological polar surface area (TPSA) is 35.5 Å². The van der Waals surface area contributed by atoms with Crippen LogP contribution in [0, 0.1) is 5.92 Å². The fourth-order valence-electron chi connectivity index (χ4n) is 3.06. The van der Waals surface area contributed by atoms with E-state index in [0.29, 0.717) is 29.8 Å². The summed E-state index contributed by atoms with van der Waals surface area (Å²) in [6.45, 7) is 10.5. The van der Waals surface area contributed by atoms with Gasteiger partial charge in [0.1, 0.15) is 11.5 Å². The Morgan fingerprint density at radius 1 is 1.04 bits per heavy atom. The van der Waals surface area contributed by atoms with E-state index in [0.717, 1.165) is 18.6 Å². The summed E-state index contributed by atoms with van der Waals surface area (Å²) < 4.78 is 10.9. The smallest absolute Gasteiger partial charge is 0.338 e. The van der Waals surface area contributed by atoms with Gasteiger partial charge in [-0.25, -0.2) is 4.79 Å². The van der Waals surface area contributed by atoms with Gasteiger partial charge in [-0.2, -0.15) is 0 Å². The van der Waals surface area contributed by atoms with Crippen LogP contribution < -0.4 is 4.74 Å². The minimum Gasteiger partial charge on any atom is -0.462 e. The molecule has 3 nitrogen and oxygen atoms in total. The quantitative estimate of drug-likeness (QED) is 0.389. The minimum absolute atomic E-state index is 0.317. The van der Waals surface area contributed by atoms with E-state index in [9.17, 15) is 4.79 Å². The second-order valence-corrected chi connectivity index (χ2v) is 6.40. The molecule has 2 rings (SSSR count). The Morgan fingerprint density at radius 3 is 2.12 bits per heavy atom. The van der Waals surface area contributed by atoms with Crippen molar-refractivity contribution in [3.63, 3.8) is 0 Å². The summed E-state index contributed by atoms with van der Waals surface area (Å²) in [6, 6.07) is 15.2. The van der Waals surface area contributed by atoms with Crippen LogP contribution in [0.5, 0.6) is 11.5 Å². The number of hydrogen-bond donors (Lipinski definition) is 0. The van der Waals surface area contributed by atoms with Crippen molar-refractivity contribution in [2.45, 2.75) is 39.5 Å². The van der Waals surface area contributed by atoms with Crippen LogP contribution in [-0.4, -0.2) is 12.6 Å². The lowest BCUT2D eigenvalue weighted by Gasteiger charge is -2.22. The molecule has 0 aliphatic rings. The lowest BCUT2D eigenvalue weighted by Crippen LogP contribution is -2.08. The van der Waals surface area contributed by atoms with Gasteiger partial charge in [-0.15, -0.1) is 6.58 Å². The van der Waals surface area contributed by atoms with Crippen LogP contribution in [0.2, 0.25) is 0 Å². The van der Waals surface area contributed by atoms with E-state index < -0.39 is 0 Å². The molecule has 0 radical (unpaired) electrons. The van der Waals surface area contributed by atoms with E-state index >= 15 is 0 Å². The zero-order valence-electron chi connectivity index (χ0n) is 15.9. The highest BCUT2D eigenvalue weighted by atomic mass is 16.5. The normalized spacial score (nSPS) is 12.9. The molecule has 2 aromatic carbocycles. The Morgan fingerprint density at radius 2 is 1.62 bits per heavy atom. The molecule has 0 aliphatic carbocycles. The SMILES string of the molecule is C=CCC(CC)C(C)c1ccc(Oc2ccc(C(=O)OCC)cc2)cc1. The number of carbonyl (C=O) groups excluding carboxylic acids is 1. The Balaban J connectivity index is 2.02. The van der Waals surface area contributed by atoms with Gasteiger partial charge in [0, 0.05) is 0 Å². The molecule has 2 aromatic rings.